The van der Waals surface area contributed by atoms with Gasteiger partial charge in [0.05, 0.1) is 0 Å². The van der Waals surface area contributed by atoms with Crippen LogP contribution in [0.3, 0.4) is 0 Å². The first-order valence-corrected chi connectivity index (χ1v) is 6.89. The molecule has 1 unspecified atom stereocenters. The third-order valence-corrected chi connectivity index (χ3v) is 3.29. The predicted octanol–water partition coefficient (Wildman–Crippen LogP) is 0.924. The van der Waals surface area contributed by atoms with Crippen molar-refractivity contribution in [2.24, 2.45) is 0 Å². The van der Waals surface area contributed by atoms with Gasteiger partial charge in [-0.25, -0.2) is 0 Å². The minimum Gasteiger partial charge on any atom is -0.846 e. The Bertz CT molecular complexity index is 575. The monoisotopic (exact) mass is 270 g/mol. The summed E-state index contributed by atoms with van der Waals surface area (Å²) < 4.78 is 0. The molecule has 0 spiro atoms. The van der Waals surface area contributed by atoms with Crippen molar-refractivity contribution in [3.8, 4) is 0 Å². The van der Waals surface area contributed by atoms with Crippen LogP contribution in [0.4, 0.5) is 0 Å². The molecule has 0 fully saturated rings. The van der Waals surface area contributed by atoms with Crippen molar-refractivity contribution in [3.05, 3.63) is 90.0 Å². The standard InChI is InChI=1S/C19H19O.Li/c1-2-16-10-6-7-11-17(16)12-8-9-15-19(20)18-13-4-3-5-14-18;/h2-7,9-11,13-15,19H,1,8,12H2;/q-1;+1/b15-9+;. The van der Waals surface area contributed by atoms with Crippen LogP contribution in [0.25, 0.3) is 6.08 Å². The quantitative estimate of drug-likeness (QED) is 0.565. The molecule has 0 aromatic heterocycles. The zero-order valence-electron chi connectivity index (χ0n) is 12.5. The van der Waals surface area contributed by atoms with E-state index in [1.165, 1.54) is 11.1 Å². The summed E-state index contributed by atoms with van der Waals surface area (Å²) in [5.41, 5.74) is 3.26. The summed E-state index contributed by atoms with van der Waals surface area (Å²) in [5.74, 6) is 0. The van der Waals surface area contributed by atoms with Crippen LogP contribution in [0.2, 0.25) is 0 Å². The molecule has 0 heterocycles. The zero-order chi connectivity index (χ0) is 14.2. The summed E-state index contributed by atoms with van der Waals surface area (Å²) >= 11 is 0. The molecule has 0 bridgehead atoms. The Kier molecular flexibility index (Phi) is 7.86. The van der Waals surface area contributed by atoms with Gasteiger partial charge in [0.2, 0.25) is 0 Å². The van der Waals surface area contributed by atoms with E-state index in [1.807, 2.05) is 54.6 Å². The molecule has 1 nitrogen and oxygen atoms in total. The summed E-state index contributed by atoms with van der Waals surface area (Å²) in [6.07, 6.45) is 6.62. The number of rotatable bonds is 6. The van der Waals surface area contributed by atoms with Crippen molar-refractivity contribution in [2.45, 2.75) is 18.9 Å². The van der Waals surface area contributed by atoms with E-state index in [9.17, 15) is 5.11 Å². The molecule has 2 rings (SSSR count). The number of benzene rings is 2. The van der Waals surface area contributed by atoms with Gasteiger partial charge < -0.3 is 5.11 Å². The van der Waals surface area contributed by atoms with Gasteiger partial charge in [-0.15, -0.1) is 0 Å². The Balaban J connectivity index is 0.00000220. The van der Waals surface area contributed by atoms with E-state index in [-0.39, 0.29) is 18.9 Å². The van der Waals surface area contributed by atoms with E-state index < -0.39 is 6.10 Å². The molecule has 0 radical (unpaired) electrons. The van der Waals surface area contributed by atoms with Crippen LogP contribution in [-0.4, -0.2) is 0 Å². The second kappa shape index (κ2) is 9.42. The first-order chi connectivity index (χ1) is 9.81. The zero-order valence-corrected chi connectivity index (χ0v) is 12.5. The molecular formula is C19H19LiO. The summed E-state index contributed by atoms with van der Waals surface area (Å²) in [6, 6.07) is 17.7. The molecule has 21 heavy (non-hydrogen) atoms. The molecule has 2 aromatic carbocycles. The van der Waals surface area contributed by atoms with E-state index in [0.29, 0.717) is 0 Å². The normalized spacial score (nSPS) is 11.9. The first kappa shape index (κ1) is 17.5. The van der Waals surface area contributed by atoms with Gasteiger partial charge >= 0.3 is 18.9 Å². The molecule has 0 N–H and O–H groups in total. The van der Waals surface area contributed by atoms with E-state index >= 15 is 0 Å². The summed E-state index contributed by atoms with van der Waals surface area (Å²) in [5, 5.41) is 12.0. The number of aryl methyl sites for hydroxylation is 1. The Hall–Kier alpha value is -1.52. The molecule has 0 amide bonds. The Morgan fingerprint density at radius 3 is 2.38 bits per heavy atom. The third-order valence-electron chi connectivity index (χ3n) is 3.29. The third kappa shape index (κ3) is 5.40. The molecule has 0 saturated heterocycles. The fraction of sp³-hybridized carbons (Fsp3) is 0.158. The van der Waals surface area contributed by atoms with Gasteiger partial charge in [0.15, 0.2) is 0 Å². The number of allylic oxidation sites excluding steroid dienone is 1. The maximum absolute atomic E-state index is 12.0. The second-order valence-corrected chi connectivity index (χ2v) is 4.70. The summed E-state index contributed by atoms with van der Waals surface area (Å²) in [4.78, 5) is 0. The number of hydrogen-bond acceptors (Lipinski definition) is 1. The SMILES string of the molecule is C=Cc1ccccc1CC/C=C/C([O-])c1ccccc1.[Li+]. The van der Waals surface area contributed by atoms with Crippen molar-refractivity contribution in [1.29, 1.82) is 0 Å². The Morgan fingerprint density at radius 2 is 1.67 bits per heavy atom. The van der Waals surface area contributed by atoms with Gasteiger partial charge in [-0.05, 0) is 24.0 Å². The molecule has 0 aliphatic rings. The fourth-order valence-electron chi connectivity index (χ4n) is 2.17. The van der Waals surface area contributed by atoms with E-state index in [4.69, 9.17) is 0 Å². The Morgan fingerprint density at radius 1 is 1.00 bits per heavy atom. The van der Waals surface area contributed by atoms with Crippen LogP contribution < -0.4 is 24.0 Å². The minimum absolute atomic E-state index is 0. The van der Waals surface area contributed by atoms with Gasteiger partial charge in [0.1, 0.15) is 0 Å². The Labute approximate surface area is 139 Å². The van der Waals surface area contributed by atoms with Crippen LogP contribution in [0, 0.1) is 0 Å². The molecule has 2 aromatic rings. The largest absolute Gasteiger partial charge is 1.00 e. The fourth-order valence-corrected chi connectivity index (χ4v) is 2.17. The van der Waals surface area contributed by atoms with Crippen molar-refractivity contribution in [2.75, 3.05) is 0 Å². The maximum Gasteiger partial charge on any atom is 1.00 e. The van der Waals surface area contributed by atoms with Gasteiger partial charge in [0, 0.05) is 0 Å². The number of hydrogen-bond donors (Lipinski definition) is 0. The van der Waals surface area contributed by atoms with Crippen molar-refractivity contribution in [3.63, 3.8) is 0 Å². The van der Waals surface area contributed by atoms with E-state index in [1.54, 1.807) is 6.08 Å². The second-order valence-electron chi connectivity index (χ2n) is 4.70. The molecule has 0 saturated carbocycles. The summed E-state index contributed by atoms with van der Waals surface area (Å²) in [7, 11) is 0. The molecule has 0 aliphatic heterocycles. The van der Waals surface area contributed by atoms with Crippen LogP contribution >= 0.6 is 0 Å². The van der Waals surface area contributed by atoms with Crippen LogP contribution in [-0.2, 0) is 6.42 Å². The maximum atomic E-state index is 12.0. The molecule has 1 atom stereocenters. The van der Waals surface area contributed by atoms with Crippen molar-refractivity contribution < 1.29 is 24.0 Å². The molecule has 2 heteroatoms. The van der Waals surface area contributed by atoms with Crippen molar-refractivity contribution in [1.82, 2.24) is 0 Å². The van der Waals surface area contributed by atoms with Crippen LogP contribution in [0.15, 0.2) is 73.3 Å². The van der Waals surface area contributed by atoms with Crippen LogP contribution in [0.5, 0.6) is 0 Å². The average Bonchev–Trinajstić information content (AvgIpc) is 2.52. The van der Waals surface area contributed by atoms with Gasteiger partial charge in [-0.2, -0.15) is 0 Å². The summed E-state index contributed by atoms with van der Waals surface area (Å²) in [6.45, 7) is 3.82. The minimum atomic E-state index is -0.772. The molecular weight excluding hydrogens is 251 g/mol. The predicted molar refractivity (Wildman–Crippen MR) is 83.2 cm³/mol. The topological polar surface area (TPSA) is 23.1 Å². The molecule has 0 aliphatic carbocycles. The van der Waals surface area contributed by atoms with Crippen molar-refractivity contribution >= 4 is 6.08 Å². The molecule has 102 valence electrons. The average molecular weight is 270 g/mol. The van der Waals surface area contributed by atoms with E-state index in [2.05, 4.69) is 18.7 Å². The smallest absolute Gasteiger partial charge is 0.846 e. The van der Waals surface area contributed by atoms with Crippen LogP contribution in [0.1, 0.15) is 29.2 Å². The van der Waals surface area contributed by atoms with Gasteiger partial charge in [-0.1, -0.05) is 91.1 Å². The van der Waals surface area contributed by atoms with Gasteiger partial charge in [-0.3, -0.25) is 0 Å². The first-order valence-electron chi connectivity index (χ1n) is 6.89. The van der Waals surface area contributed by atoms with E-state index in [0.717, 1.165) is 18.4 Å². The van der Waals surface area contributed by atoms with Gasteiger partial charge in [0.25, 0.3) is 0 Å².